The lowest BCUT2D eigenvalue weighted by Gasteiger charge is -2.12. The van der Waals surface area contributed by atoms with Gasteiger partial charge in [-0.1, -0.05) is 43.1 Å². The first-order chi connectivity index (χ1) is 7.81. The van der Waals surface area contributed by atoms with Crippen LogP contribution in [0.3, 0.4) is 0 Å². The molecule has 0 atom stereocenters. The normalized spacial score (nSPS) is 9.88. The largest absolute Gasteiger partial charge is 0.455 e. The van der Waals surface area contributed by atoms with Gasteiger partial charge in [-0.2, -0.15) is 0 Å². The van der Waals surface area contributed by atoms with Crippen molar-refractivity contribution in [3.8, 4) is 11.5 Å². The molecular weight excluding hydrogens is 218 g/mol. The highest BCUT2D eigenvalue weighted by Crippen LogP contribution is 2.32. The lowest BCUT2D eigenvalue weighted by molar-refractivity contribution is 0.483. The molecule has 81 valence electrons. The van der Waals surface area contributed by atoms with Crippen LogP contribution in [0.5, 0.6) is 11.5 Å². The zero-order chi connectivity index (χ0) is 11.4. The van der Waals surface area contributed by atoms with Gasteiger partial charge in [-0.05, 0) is 30.7 Å². The molecule has 3 heteroatoms. The number of rotatable bonds is 3. The van der Waals surface area contributed by atoms with Gasteiger partial charge in [0, 0.05) is 0 Å². The number of thiol groups is 1. The van der Waals surface area contributed by atoms with Gasteiger partial charge in [-0.3, -0.25) is 0 Å². The van der Waals surface area contributed by atoms with Crippen LogP contribution >= 0.6 is 12.8 Å². The fourth-order valence-corrected chi connectivity index (χ4v) is 1.58. The molecule has 0 saturated carbocycles. The van der Waals surface area contributed by atoms with Crippen LogP contribution in [0, 0.1) is 6.92 Å². The van der Waals surface area contributed by atoms with Gasteiger partial charge in [0.1, 0.15) is 5.75 Å². The van der Waals surface area contributed by atoms with Crippen molar-refractivity contribution in [3.63, 3.8) is 0 Å². The topological polar surface area (TPSA) is 21.3 Å². The van der Waals surface area contributed by atoms with E-state index in [0.717, 1.165) is 17.0 Å². The zero-order valence-electron chi connectivity index (χ0n) is 8.68. The van der Waals surface area contributed by atoms with Crippen LogP contribution in [0.2, 0.25) is 0 Å². The fraction of sp³-hybridized carbons (Fsp3) is 0. The molecule has 2 rings (SSSR count). The molecular formula is C13H12NOS. The van der Waals surface area contributed by atoms with E-state index in [1.165, 1.54) is 0 Å². The van der Waals surface area contributed by atoms with Gasteiger partial charge in [0.05, 0.1) is 5.69 Å². The Morgan fingerprint density at radius 3 is 2.44 bits per heavy atom. The monoisotopic (exact) mass is 230 g/mol. The number of hydrogen-bond donors (Lipinski definition) is 2. The number of para-hydroxylation sites is 2. The number of anilines is 1. The molecule has 0 saturated heterocycles. The van der Waals surface area contributed by atoms with Gasteiger partial charge >= 0.3 is 0 Å². The molecule has 2 nitrogen and oxygen atoms in total. The van der Waals surface area contributed by atoms with Crippen LogP contribution < -0.4 is 9.46 Å². The molecule has 1 radical (unpaired) electrons. The Labute approximate surface area is 101 Å². The summed E-state index contributed by atoms with van der Waals surface area (Å²) >= 11 is 4.04. The molecule has 0 spiro atoms. The summed E-state index contributed by atoms with van der Waals surface area (Å²) in [7, 11) is 0. The third-order valence-corrected chi connectivity index (χ3v) is 2.42. The van der Waals surface area contributed by atoms with E-state index in [0.29, 0.717) is 5.75 Å². The minimum absolute atomic E-state index is 0.698. The molecule has 2 aromatic rings. The minimum atomic E-state index is 0.698. The highest BCUT2D eigenvalue weighted by atomic mass is 32.1. The highest BCUT2D eigenvalue weighted by Gasteiger charge is 2.06. The predicted molar refractivity (Wildman–Crippen MR) is 70.0 cm³/mol. The maximum absolute atomic E-state index is 5.76. The van der Waals surface area contributed by atoms with Gasteiger partial charge in [-0.25, -0.2) is 0 Å². The van der Waals surface area contributed by atoms with E-state index in [2.05, 4.69) is 24.5 Å². The van der Waals surface area contributed by atoms with Crippen LogP contribution in [-0.4, -0.2) is 0 Å². The summed E-state index contributed by atoms with van der Waals surface area (Å²) in [4.78, 5) is 0. The van der Waals surface area contributed by atoms with Crippen LogP contribution in [0.4, 0.5) is 5.69 Å². The molecule has 2 aromatic carbocycles. The zero-order valence-corrected chi connectivity index (χ0v) is 9.58. The molecule has 16 heavy (non-hydrogen) atoms. The summed E-state index contributed by atoms with van der Waals surface area (Å²) in [5.41, 5.74) is 1.63. The van der Waals surface area contributed by atoms with Gasteiger partial charge in [0.2, 0.25) is 0 Å². The van der Waals surface area contributed by atoms with E-state index >= 15 is 0 Å². The lowest BCUT2D eigenvalue weighted by atomic mass is 10.2. The molecule has 0 aromatic heterocycles. The molecule has 0 unspecified atom stereocenters. The quantitative estimate of drug-likeness (QED) is 0.780. The van der Waals surface area contributed by atoms with Crippen LogP contribution in [-0.2, 0) is 0 Å². The Morgan fingerprint density at radius 2 is 1.75 bits per heavy atom. The highest BCUT2D eigenvalue weighted by molar-refractivity contribution is 7.81. The molecule has 1 N–H and O–H groups in total. The van der Waals surface area contributed by atoms with E-state index in [4.69, 9.17) is 4.74 Å². The molecule has 0 aliphatic heterocycles. The third-order valence-electron chi connectivity index (χ3n) is 2.18. The van der Waals surface area contributed by atoms with Crippen molar-refractivity contribution < 1.29 is 4.74 Å². The summed E-state index contributed by atoms with van der Waals surface area (Å²) in [6, 6.07) is 15.3. The van der Waals surface area contributed by atoms with Crippen LogP contribution in [0.1, 0.15) is 5.56 Å². The fourth-order valence-electron chi connectivity index (χ4n) is 1.40. The van der Waals surface area contributed by atoms with Crippen molar-refractivity contribution in [2.24, 2.45) is 0 Å². The number of nitrogens with one attached hydrogen (secondary N) is 1. The number of benzene rings is 2. The van der Waals surface area contributed by atoms with Crippen molar-refractivity contribution in [1.82, 2.24) is 0 Å². The molecule has 0 heterocycles. The van der Waals surface area contributed by atoms with Gasteiger partial charge in [0.15, 0.2) is 5.75 Å². The summed E-state index contributed by atoms with van der Waals surface area (Å²) in [6.45, 7) is 3.93. The van der Waals surface area contributed by atoms with Crippen molar-refractivity contribution in [2.75, 3.05) is 4.72 Å². The maximum Gasteiger partial charge on any atom is 0.154 e. The molecule has 0 amide bonds. The molecule has 0 fully saturated rings. The van der Waals surface area contributed by atoms with Crippen molar-refractivity contribution in [2.45, 2.75) is 0 Å². The Balaban J connectivity index is 2.34. The second-order valence-corrected chi connectivity index (χ2v) is 3.54. The molecule has 0 bridgehead atoms. The summed E-state index contributed by atoms with van der Waals surface area (Å²) in [6.07, 6.45) is 0. The molecule has 0 aliphatic rings. The first-order valence-corrected chi connectivity index (χ1v) is 5.34. The maximum atomic E-state index is 5.76. The first-order valence-electron chi connectivity index (χ1n) is 4.89. The first kappa shape index (κ1) is 10.9. The van der Waals surface area contributed by atoms with Gasteiger partial charge in [0.25, 0.3) is 0 Å². The third kappa shape index (κ3) is 2.31. The van der Waals surface area contributed by atoms with E-state index in [1.807, 2.05) is 48.5 Å². The second kappa shape index (κ2) is 4.94. The average Bonchev–Trinajstić information content (AvgIpc) is 2.33. The van der Waals surface area contributed by atoms with Crippen LogP contribution in [0.15, 0.2) is 48.5 Å². The smallest absolute Gasteiger partial charge is 0.154 e. The minimum Gasteiger partial charge on any atom is -0.455 e. The summed E-state index contributed by atoms with van der Waals surface area (Å²) < 4.78 is 8.54. The van der Waals surface area contributed by atoms with Crippen molar-refractivity contribution >= 4 is 18.5 Å². The standard InChI is InChI=1S/C13H12NOS/c1-10-6-5-9-12(14-16)13(10)15-11-7-3-2-4-8-11/h2-9,14,16H,1H2. The Kier molecular flexibility index (Phi) is 3.37. The Hall–Kier alpha value is -1.61. The van der Waals surface area contributed by atoms with Gasteiger partial charge < -0.3 is 9.46 Å². The Bertz CT molecular complexity index is 471. The average molecular weight is 230 g/mol. The summed E-state index contributed by atoms with van der Waals surface area (Å²) in [5.74, 6) is 1.48. The number of ether oxygens (including phenoxy) is 1. The predicted octanol–water partition coefficient (Wildman–Crippen LogP) is 3.92. The lowest BCUT2D eigenvalue weighted by Crippen LogP contribution is -1.92. The van der Waals surface area contributed by atoms with Crippen molar-refractivity contribution in [1.29, 1.82) is 0 Å². The number of hydrogen-bond acceptors (Lipinski definition) is 3. The Morgan fingerprint density at radius 1 is 1.00 bits per heavy atom. The summed E-state index contributed by atoms with van der Waals surface area (Å²) in [5, 5.41) is 0. The van der Waals surface area contributed by atoms with E-state index < -0.39 is 0 Å². The van der Waals surface area contributed by atoms with Crippen LogP contribution in [0.25, 0.3) is 0 Å². The van der Waals surface area contributed by atoms with Crippen molar-refractivity contribution in [3.05, 3.63) is 61.0 Å². The van der Waals surface area contributed by atoms with Gasteiger partial charge in [-0.15, -0.1) is 0 Å². The molecule has 0 aliphatic carbocycles. The SMILES string of the molecule is [CH2]c1cccc(NS)c1Oc1ccccc1. The van der Waals surface area contributed by atoms with E-state index in [-0.39, 0.29) is 0 Å². The van der Waals surface area contributed by atoms with E-state index in [1.54, 1.807) is 0 Å². The second-order valence-electron chi connectivity index (χ2n) is 3.32. The van der Waals surface area contributed by atoms with E-state index in [9.17, 15) is 0 Å².